The van der Waals surface area contributed by atoms with E-state index in [0.717, 1.165) is 0 Å². The van der Waals surface area contributed by atoms with Crippen molar-refractivity contribution in [2.45, 2.75) is 12.5 Å². The molecule has 170 valence electrons. The van der Waals surface area contributed by atoms with Crippen LogP contribution in [0.5, 0.6) is 11.8 Å². The number of hydrogen-bond donors (Lipinski definition) is 1. The number of ether oxygens (including phenoxy) is 2. The third kappa shape index (κ3) is 3.78. The number of pyridine rings is 1. The van der Waals surface area contributed by atoms with Crippen LogP contribution in [0.3, 0.4) is 0 Å². The van der Waals surface area contributed by atoms with Crippen LogP contribution in [0.15, 0.2) is 19.0 Å². The van der Waals surface area contributed by atoms with Crippen molar-refractivity contribution in [2.24, 2.45) is 0 Å². The lowest BCUT2D eigenvalue weighted by Crippen LogP contribution is -2.27. The van der Waals surface area contributed by atoms with Crippen molar-refractivity contribution in [2.75, 3.05) is 33.0 Å². The molecule has 0 radical (unpaired) electrons. The van der Waals surface area contributed by atoms with Gasteiger partial charge in [0.05, 0.1) is 25.6 Å². The highest BCUT2D eigenvalue weighted by Crippen LogP contribution is 2.30. The number of halogens is 2. The summed E-state index contributed by atoms with van der Waals surface area (Å²) >= 11 is 0. The predicted molar refractivity (Wildman–Crippen MR) is 113 cm³/mol. The van der Waals surface area contributed by atoms with Crippen LogP contribution in [0.1, 0.15) is 23.7 Å². The molecule has 0 aromatic carbocycles. The van der Waals surface area contributed by atoms with Crippen LogP contribution < -0.4 is 15.2 Å². The minimum atomic E-state index is -1.08. The molecule has 33 heavy (non-hydrogen) atoms. The van der Waals surface area contributed by atoms with Gasteiger partial charge < -0.3 is 20.1 Å². The van der Waals surface area contributed by atoms with E-state index in [4.69, 9.17) is 15.2 Å². The third-order valence-electron chi connectivity index (χ3n) is 5.22. The Labute approximate surface area is 187 Å². The van der Waals surface area contributed by atoms with Crippen LogP contribution in [-0.2, 0) is 4.79 Å². The van der Waals surface area contributed by atoms with Gasteiger partial charge in [0.1, 0.15) is 23.4 Å². The van der Waals surface area contributed by atoms with Gasteiger partial charge in [0.15, 0.2) is 5.65 Å². The first-order valence-electron chi connectivity index (χ1n) is 9.78. The molecule has 0 saturated carbocycles. The van der Waals surface area contributed by atoms with E-state index in [1.54, 1.807) is 9.58 Å². The normalized spacial score (nSPS) is 15.3. The topological polar surface area (TPSA) is 121 Å². The van der Waals surface area contributed by atoms with E-state index in [9.17, 15) is 13.6 Å². The molecule has 1 aliphatic rings. The fraction of sp³-hybridized carbons (Fsp3) is 0.286. The summed E-state index contributed by atoms with van der Waals surface area (Å²) in [6.45, 7) is 4.42. The first-order valence-corrected chi connectivity index (χ1v) is 9.78. The predicted octanol–water partition coefficient (Wildman–Crippen LogP) is 1.46. The molecule has 3 aromatic rings. The minimum absolute atomic E-state index is 0.110. The number of nitrogens with two attached hydrogens (primary N) is 1. The van der Waals surface area contributed by atoms with Gasteiger partial charge in [0.2, 0.25) is 17.5 Å². The Kier molecular flexibility index (Phi) is 5.78. The summed E-state index contributed by atoms with van der Waals surface area (Å²) in [5.74, 6) is 1.94. The average molecular weight is 455 g/mol. The van der Waals surface area contributed by atoms with Gasteiger partial charge in [-0.2, -0.15) is 18.9 Å². The van der Waals surface area contributed by atoms with Crippen LogP contribution in [0, 0.1) is 23.5 Å². The Morgan fingerprint density at radius 1 is 1.24 bits per heavy atom. The van der Waals surface area contributed by atoms with Crippen molar-refractivity contribution in [3.8, 4) is 23.6 Å². The number of methoxy groups -OCH3 is 2. The van der Waals surface area contributed by atoms with E-state index in [-0.39, 0.29) is 23.5 Å². The number of amides is 1. The number of rotatable bonds is 4. The van der Waals surface area contributed by atoms with Gasteiger partial charge >= 0.3 is 0 Å². The van der Waals surface area contributed by atoms with Crippen LogP contribution in [-0.4, -0.2) is 62.8 Å². The average Bonchev–Trinajstić information content (AvgIpc) is 3.44. The first-order chi connectivity index (χ1) is 15.9. The maximum Gasteiger partial charge on any atom is 0.254 e. The fourth-order valence-corrected chi connectivity index (χ4v) is 3.61. The second-order valence-electron chi connectivity index (χ2n) is 7.06. The molecule has 0 spiro atoms. The Bertz CT molecular complexity index is 1300. The Morgan fingerprint density at radius 2 is 1.94 bits per heavy atom. The number of anilines is 1. The van der Waals surface area contributed by atoms with E-state index in [1.807, 2.05) is 0 Å². The van der Waals surface area contributed by atoms with Crippen LogP contribution in [0.2, 0.25) is 0 Å². The highest BCUT2D eigenvalue weighted by atomic mass is 19.1. The third-order valence-corrected chi connectivity index (χ3v) is 5.22. The van der Waals surface area contributed by atoms with Crippen molar-refractivity contribution in [1.82, 2.24) is 29.6 Å². The van der Waals surface area contributed by atoms with Crippen LogP contribution in [0.4, 0.5) is 14.6 Å². The maximum atomic E-state index is 14.6. The molecule has 4 rings (SSSR count). The molecular formula is C21H19F2N7O3. The van der Waals surface area contributed by atoms with Crippen molar-refractivity contribution >= 4 is 22.8 Å². The van der Waals surface area contributed by atoms with Gasteiger partial charge in [-0.1, -0.05) is 12.5 Å². The zero-order valence-corrected chi connectivity index (χ0v) is 17.8. The molecule has 0 bridgehead atoms. The van der Waals surface area contributed by atoms with Gasteiger partial charge in [-0.15, -0.1) is 0 Å². The molecule has 0 aliphatic carbocycles. The zero-order valence-electron chi connectivity index (χ0n) is 17.8. The number of nitrogen functional groups attached to an aromatic ring is 1. The van der Waals surface area contributed by atoms with E-state index in [1.165, 1.54) is 26.6 Å². The van der Waals surface area contributed by atoms with Crippen molar-refractivity contribution in [1.29, 1.82) is 0 Å². The highest BCUT2D eigenvalue weighted by molar-refractivity contribution is 5.91. The van der Waals surface area contributed by atoms with Crippen LogP contribution in [0.25, 0.3) is 11.0 Å². The number of likely N-dealkylation sites (tertiary alicyclic amines) is 1. The molecule has 1 unspecified atom stereocenters. The number of fused-ring (bicyclic) bond motifs is 1. The Hall–Kier alpha value is -4.27. The molecule has 3 aromatic heterocycles. The van der Waals surface area contributed by atoms with Crippen LogP contribution >= 0.6 is 0 Å². The molecule has 1 aliphatic heterocycles. The van der Waals surface area contributed by atoms with Crippen molar-refractivity contribution < 1.29 is 23.0 Å². The van der Waals surface area contributed by atoms with Gasteiger partial charge in [0.25, 0.3) is 11.8 Å². The summed E-state index contributed by atoms with van der Waals surface area (Å²) < 4.78 is 40.6. The summed E-state index contributed by atoms with van der Waals surface area (Å²) in [5.41, 5.74) is 5.97. The lowest BCUT2D eigenvalue weighted by molar-refractivity contribution is -0.125. The number of nitrogens with zero attached hydrogens (tertiary/aromatic N) is 6. The standard InChI is InChI=1S/C21H19F2N7O3/c1-4-14(31)29-8-7-11(9-29)30-19-15(18(24)25-10-26-19)13(28-30)6-5-12-16(22)20(32-2)27-21(33-3)17(12)23/h4,10-11H,1,7-9H2,2-3H3,(H2,24,25,26). The molecule has 4 heterocycles. The second kappa shape index (κ2) is 8.70. The van der Waals surface area contributed by atoms with E-state index >= 15 is 0 Å². The van der Waals surface area contributed by atoms with E-state index < -0.39 is 29.0 Å². The molecule has 1 atom stereocenters. The van der Waals surface area contributed by atoms with Crippen molar-refractivity contribution in [3.63, 3.8) is 0 Å². The van der Waals surface area contributed by atoms with Crippen molar-refractivity contribution in [3.05, 3.63) is 41.9 Å². The molecule has 2 N–H and O–H groups in total. The molecule has 1 saturated heterocycles. The molecule has 1 fully saturated rings. The fourth-order valence-electron chi connectivity index (χ4n) is 3.61. The SMILES string of the molecule is C=CC(=O)N1CCC(n2nc(C#Cc3c(F)c(OC)nc(OC)c3F)c3c(N)ncnc32)C1. The summed E-state index contributed by atoms with van der Waals surface area (Å²) in [6, 6.07) is -0.198. The largest absolute Gasteiger partial charge is 0.479 e. The Morgan fingerprint density at radius 3 is 2.58 bits per heavy atom. The monoisotopic (exact) mass is 455 g/mol. The molecule has 1 amide bonds. The number of aromatic nitrogens is 5. The molecule has 12 heteroatoms. The zero-order chi connectivity index (χ0) is 23.7. The minimum Gasteiger partial charge on any atom is -0.479 e. The molecule has 10 nitrogen and oxygen atoms in total. The summed E-state index contributed by atoms with van der Waals surface area (Å²) in [5, 5.41) is 4.83. The summed E-state index contributed by atoms with van der Waals surface area (Å²) in [7, 11) is 2.38. The van der Waals surface area contributed by atoms with E-state index in [2.05, 4.69) is 38.5 Å². The second-order valence-corrected chi connectivity index (χ2v) is 7.06. The number of carbonyl (C=O) groups excluding carboxylic acids is 1. The highest BCUT2D eigenvalue weighted by Gasteiger charge is 2.29. The van der Waals surface area contributed by atoms with E-state index in [0.29, 0.717) is 30.5 Å². The first kappa shape index (κ1) is 21.9. The van der Waals surface area contributed by atoms with Gasteiger partial charge in [0, 0.05) is 13.1 Å². The van der Waals surface area contributed by atoms with Gasteiger partial charge in [-0.25, -0.2) is 14.6 Å². The molecular weight excluding hydrogens is 436 g/mol. The Balaban J connectivity index is 1.82. The van der Waals surface area contributed by atoms with Gasteiger partial charge in [-0.3, -0.25) is 4.79 Å². The summed E-state index contributed by atoms with van der Waals surface area (Å²) in [6.07, 6.45) is 3.16. The summed E-state index contributed by atoms with van der Waals surface area (Å²) in [4.78, 5) is 25.4. The quantitative estimate of drug-likeness (QED) is 0.464. The van der Waals surface area contributed by atoms with Gasteiger partial charge in [-0.05, 0) is 18.4 Å². The lowest BCUT2D eigenvalue weighted by Gasteiger charge is -2.14. The number of carbonyl (C=O) groups is 1. The maximum absolute atomic E-state index is 14.6. The lowest BCUT2D eigenvalue weighted by atomic mass is 10.2. The number of hydrogen-bond acceptors (Lipinski definition) is 8. The smallest absolute Gasteiger partial charge is 0.254 e.